The van der Waals surface area contributed by atoms with Crippen molar-refractivity contribution in [1.29, 1.82) is 0 Å². The second-order valence-corrected chi connectivity index (χ2v) is 7.08. The Bertz CT molecular complexity index is 1140. The Hall–Kier alpha value is -3.21. The zero-order chi connectivity index (χ0) is 18.9. The molecular formula is C20H17N5OS. The van der Waals surface area contributed by atoms with Gasteiger partial charge in [-0.25, -0.2) is 9.97 Å². The number of nitrogens with one attached hydrogen (secondary N) is 2. The highest BCUT2D eigenvalue weighted by Gasteiger charge is 2.22. The molecule has 6 nitrogen and oxygen atoms in total. The molecule has 3 aromatic heterocycles. The molecule has 0 radical (unpaired) electrons. The molecule has 0 aliphatic heterocycles. The third-order valence-electron chi connectivity index (χ3n) is 4.17. The number of anilines is 1. The molecular weight excluding hydrogens is 358 g/mol. The van der Waals surface area contributed by atoms with Gasteiger partial charge < -0.3 is 10.4 Å². The fourth-order valence-electron chi connectivity index (χ4n) is 2.78. The molecule has 7 heteroatoms. The number of aromatic nitrogens is 4. The van der Waals surface area contributed by atoms with Gasteiger partial charge in [0.15, 0.2) is 5.60 Å². The molecule has 0 aliphatic rings. The Balaban J connectivity index is 1.81. The van der Waals surface area contributed by atoms with E-state index in [9.17, 15) is 5.11 Å². The first kappa shape index (κ1) is 17.2. The van der Waals surface area contributed by atoms with Crippen molar-refractivity contribution in [3.8, 4) is 23.0 Å². The molecule has 4 rings (SSSR count). The van der Waals surface area contributed by atoms with Crippen LogP contribution < -0.4 is 5.32 Å². The third-order valence-corrected chi connectivity index (χ3v) is 5.16. The molecule has 1 unspecified atom stereocenters. The van der Waals surface area contributed by atoms with E-state index in [1.807, 2.05) is 42.9 Å². The maximum absolute atomic E-state index is 10.6. The molecule has 4 aromatic rings. The van der Waals surface area contributed by atoms with Crippen molar-refractivity contribution in [3.63, 3.8) is 0 Å². The number of fused-ring (bicyclic) bond motifs is 1. The van der Waals surface area contributed by atoms with Gasteiger partial charge in [0.05, 0.1) is 11.7 Å². The Labute approximate surface area is 160 Å². The van der Waals surface area contributed by atoms with E-state index < -0.39 is 5.60 Å². The van der Waals surface area contributed by atoms with Gasteiger partial charge in [-0.15, -0.1) is 11.3 Å². The Morgan fingerprint density at radius 1 is 1.30 bits per heavy atom. The number of aliphatic hydroxyl groups is 1. The van der Waals surface area contributed by atoms with Crippen molar-refractivity contribution >= 4 is 28.1 Å². The lowest BCUT2D eigenvalue weighted by molar-refractivity contribution is 0.122. The summed E-state index contributed by atoms with van der Waals surface area (Å²) in [5.41, 5.74) is 2.34. The van der Waals surface area contributed by atoms with Crippen molar-refractivity contribution in [2.75, 3.05) is 12.4 Å². The molecule has 1 atom stereocenters. The van der Waals surface area contributed by atoms with Crippen molar-refractivity contribution < 1.29 is 5.11 Å². The summed E-state index contributed by atoms with van der Waals surface area (Å²) in [6.45, 7) is 1.65. The largest absolute Gasteiger partial charge is 0.373 e. The molecule has 3 heterocycles. The number of hydrogen-bond acceptors (Lipinski definition) is 6. The van der Waals surface area contributed by atoms with E-state index in [-0.39, 0.29) is 0 Å². The minimum absolute atomic E-state index is 0.579. The van der Waals surface area contributed by atoms with Crippen LogP contribution in [0.1, 0.15) is 17.5 Å². The van der Waals surface area contributed by atoms with Gasteiger partial charge in [-0.2, -0.15) is 5.10 Å². The normalized spacial score (nSPS) is 13.0. The van der Waals surface area contributed by atoms with Gasteiger partial charge in [-0.1, -0.05) is 11.8 Å². The summed E-state index contributed by atoms with van der Waals surface area (Å²) in [5, 5.41) is 23.9. The lowest BCUT2D eigenvalue weighted by Crippen LogP contribution is -2.17. The number of thiazole rings is 1. The monoisotopic (exact) mass is 375 g/mol. The first-order chi connectivity index (χ1) is 13.1. The van der Waals surface area contributed by atoms with Crippen LogP contribution in [0.4, 0.5) is 5.82 Å². The maximum Gasteiger partial charge on any atom is 0.174 e. The highest BCUT2D eigenvalue weighted by atomic mass is 32.1. The zero-order valence-corrected chi connectivity index (χ0v) is 15.6. The summed E-state index contributed by atoms with van der Waals surface area (Å²) >= 11 is 1.38. The third kappa shape index (κ3) is 3.40. The van der Waals surface area contributed by atoms with Gasteiger partial charge in [0.1, 0.15) is 10.8 Å². The van der Waals surface area contributed by atoms with Crippen LogP contribution in [0.2, 0.25) is 0 Å². The molecule has 27 heavy (non-hydrogen) atoms. The highest BCUT2D eigenvalue weighted by Crippen LogP contribution is 2.30. The second kappa shape index (κ2) is 6.83. The Morgan fingerprint density at radius 3 is 2.89 bits per heavy atom. The van der Waals surface area contributed by atoms with Crippen LogP contribution in [-0.4, -0.2) is 32.3 Å². The average Bonchev–Trinajstić information content (AvgIpc) is 3.39. The van der Waals surface area contributed by atoms with E-state index in [2.05, 4.69) is 37.3 Å². The number of hydrogen-bond donors (Lipinski definition) is 3. The molecule has 0 saturated heterocycles. The summed E-state index contributed by atoms with van der Waals surface area (Å²) in [5.74, 6) is 6.77. The van der Waals surface area contributed by atoms with E-state index in [0.717, 1.165) is 33.4 Å². The summed E-state index contributed by atoms with van der Waals surface area (Å²) in [6, 6.07) is 7.80. The van der Waals surface area contributed by atoms with Gasteiger partial charge in [0, 0.05) is 41.3 Å². The number of rotatable bonds is 3. The lowest BCUT2D eigenvalue weighted by atomic mass is 10.0. The molecule has 0 saturated carbocycles. The van der Waals surface area contributed by atoms with Crippen LogP contribution in [0.5, 0.6) is 0 Å². The number of H-pyrrole nitrogens is 1. The molecule has 0 spiro atoms. The fraction of sp³-hybridized carbons (Fsp3) is 0.150. The van der Waals surface area contributed by atoms with Gasteiger partial charge in [0.2, 0.25) is 0 Å². The number of nitrogens with zero attached hydrogens (tertiary/aromatic N) is 3. The van der Waals surface area contributed by atoms with Gasteiger partial charge in [-0.05, 0) is 36.8 Å². The van der Waals surface area contributed by atoms with Crippen LogP contribution in [0, 0.1) is 11.8 Å². The minimum Gasteiger partial charge on any atom is -0.373 e. The molecule has 3 N–H and O–H groups in total. The van der Waals surface area contributed by atoms with Crippen LogP contribution in [0.15, 0.2) is 48.2 Å². The number of pyridine rings is 1. The summed E-state index contributed by atoms with van der Waals surface area (Å²) in [6.07, 6.45) is 5.29. The van der Waals surface area contributed by atoms with Crippen LogP contribution in [-0.2, 0) is 5.60 Å². The van der Waals surface area contributed by atoms with E-state index in [1.165, 1.54) is 11.3 Å². The first-order valence-corrected chi connectivity index (χ1v) is 9.22. The lowest BCUT2D eigenvalue weighted by Gasteiger charge is -2.12. The molecule has 134 valence electrons. The van der Waals surface area contributed by atoms with Crippen molar-refractivity contribution in [3.05, 3.63) is 58.8 Å². The highest BCUT2D eigenvalue weighted by molar-refractivity contribution is 7.09. The van der Waals surface area contributed by atoms with Crippen LogP contribution in [0.25, 0.3) is 22.0 Å². The van der Waals surface area contributed by atoms with Crippen LogP contribution in [0.3, 0.4) is 0 Å². The second-order valence-electron chi connectivity index (χ2n) is 6.18. The quantitative estimate of drug-likeness (QED) is 0.478. The molecule has 0 fully saturated rings. The predicted molar refractivity (Wildman–Crippen MR) is 107 cm³/mol. The topological polar surface area (TPSA) is 86.7 Å². The first-order valence-electron chi connectivity index (χ1n) is 8.34. The zero-order valence-electron chi connectivity index (χ0n) is 14.8. The van der Waals surface area contributed by atoms with Crippen molar-refractivity contribution in [2.24, 2.45) is 0 Å². The SMILES string of the molecule is CNc1cc(-c2cn[nH]c2)c2cc(C#CC(C)(O)c3nccs3)ccc2n1. The van der Waals surface area contributed by atoms with E-state index in [0.29, 0.717) is 5.01 Å². The summed E-state index contributed by atoms with van der Waals surface area (Å²) < 4.78 is 0. The van der Waals surface area contributed by atoms with Crippen molar-refractivity contribution in [2.45, 2.75) is 12.5 Å². The fourth-order valence-corrected chi connectivity index (χ4v) is 3.43. The molecule has 0 amide bonds. The Morgan fingerprint density at radius 2 is 2.19 bits per heavy atom. The molecule has 0 bridgehead atoms. The average molecular weight is 375 g/mol. The molecule has 1 aromatic carbocycles. The number of aromatic amines is 1. The van der Waals surface area contributed by atoms with E-state index in [1.54, 1.807) is 19.3 Å². The van der Waals surface area contributed by atoms with Crippen molar-refractivity contribution in [1.82, 2.24) is 20.2 Å². The Kier molecular flexibility index (Phi) is 4.36. The summed E-state index contributed by atoms with van der Waals surface area (Å²) in [7, 11) is 1.84. The smallest absolute Gasteiger partial charge is 0.174 e. The van der Waals surface area contributed by atoms with Gasteiger partial charge in [-0.3, -0.25) is 5.10 Å². The van der Waals surface area contributed by atoms with E-state index in [4.69, 9.17) is 0 Å². The van der Waals surface area contributed by atoms with Gasteiger partial charge >= 0.3 is 0 Å². The maximum atomic E-state index is 10.6. The summed E-state index contributed by atoms with van der Waals surface area (Å²) in [4.78, 5) is 8.76. The van der Waals surface area contributed by atoms with Crippen LogP contribution >= 0.6 is 11.3 Å². The molecule has 0 aliphatic carbocycles. The minimum atomic E-state index is -1.29. The predicted octanol–water partition coefficient (Wildman–Crippen LogP) is 3.38. The van der Waals surface area contributed by atoms with E-state index >= 15 is 0 Å². The standard InChI is InChI=1S/C20H17N5OS/c1-20(26,19-22-7-8-27-19)6-5-13-3-4-17-16(9-13)15(10-18(21-2)25-17)14-11-23-24-12-14/h3-4,7-12,26H,1-2H3,(H,21,25)(H,23,24). The van der Waals surface area contributed by atoms with Gasteiger partial charge in [0.25, 0.3) is 0 Å². The number of benzene rings is 1.